The number of benzene rings is 1. The highest BCUT2D eigenvalue weighted by atomic mass is 16.4. The Hall–Kier alpha value is -2.04. The van der Waals surface area contributed by atoms with Gasteiger partial charge in [0.05, 0.1) is 5.92 Å². The number of aryl methyl sites for hydroxylation is 1. The number of carboxylic acid groups (broad SMARTS) is 1. The molecular formula is C20H28N2O3. The Morgan fingerprint density at radius 1 is 1.28 bits per heavy atom. The molecule has 1 heterocycles. The number of fused-ring (bicyclic) bond motifs is 1. The number of rotatable bonds is 3. The van der Waals surface area contributed by atoms with Crippen LogP contribution in [-0.2, 0) is 11.2 Å². The molecule has 3 unspecified atom stereocenters. The van der Waals surface area contributed by atoms with Gasteiger partial charge >= 0.3 is 12.0 Å². The normalized spacial score (nSPS) is 27.3. The summed E-state index contributed by atoms with van der Waals surface area (Å²) in [6.07, 6.45) is 3.97. The summed E-state index contributed by atoms with van der Waals surface area (Å²) in [7, 11) is 0. The molecule has 0 aromatic heterocycles. The van der Waals surface area contributed by atoms with E-state index in [9.17, 15) is 14.7 Å². The van der Waals surface area contributed by atoms with E-state index in [1.807, 2.05) is 6.92 Å². The van der Waals surface area contributed by atoms with E-state index in [1.54, 1.807) is 4.90 Å². The van der Waals surface area contributed by atoms with E-state index in [0.717, 1.165) is 19.3 Å². The van der Waals surface area contributed by atoms with E-state index in [2.05, 4.69) is 36.5 Å². The van der Waals surface area contributed by atoms with Gasteiger partial charge in [0.1, 0.15) is 0 Å². The number of urea groups is 1. The molecule has 0 saturated carbocycles. The van der Waals surface area contributed by atoms with Gasteiger partial charge in [0, 0.05) is 25.0 Å². The SMILES string of the molecule is CC1CC(C(=O)O)CN(C(=O)N[C@H](C)C2CCCc3ccccc32)C1. The lowest BCUT2D eigenvalue weighted by atomic mass is 9.79. The van der Waals surface area contributed by atoms with Gasteiger partial charge in [-0.15, -0.1) is 0 Å². The molecule has 1 aromatic carbocycles. The molecule has 1 aliphatic carbocycles. The third-order valence-electron chi connectivity index (χ3n) is 5.67. The van der Waals surface area contributed by atoms with Crippen molar-refractivity contribution in [1.29, 1.82) is 0 Å². The van der Waals surface area contributed by atoms with Crippen LogP contribution in [0.3, 0.4) is 0 Å². The second-order valence-corrected chi connectivity index (χ2v) is 7.72. The van der Waals surface area contributed by atoms with Crippen molar-refractivity contribution in [2.24, 2.45) is 11.8 Å². The molecule has 2 N–H and O–H groups in total. The maximum absolute atomic E-state index is 12.7. The highest BCUT2D eigenvalue weighted by Gasteiger charge is 2.33. The molecule has 5 heteroatoms. The number of carbonyl (C=O) groups excluding carboxylic acids is 1. The molecule has 1 aliphatic heterocycles. The van der Waals surface area contributed by atoms with Crippen LogP contribution in [0.4, 0.5) is 4.79 Å². The summed E-state index contributed by atoms with van der Waals surface area (Å²) < 4.78 is 0. The smallest absolute Gasteiger partial charge is 0.317 e. The number of hydrogen-bond acceptors (Lipinski definition) is 2. The zero-order chi connectivity index (χ0) is 18.0. The zero-order valence-electron chi connectivity index (χ0n) is 15.1. The summed E-state index contributed by atoms with van der Waals surface area (Å²) in [5.74, 6) is -0.725. The predicted molar refractivity (Wildman–Crippen MR) is 96.6 cm³/mol. The first kappa shape index (κ1) is 17.8. The van der Waals surface area contributed by atoms with Crippen molar-refractivity contribution in [3.8, 4) is 0 Å². The predicted octanol–water partition coefficient (Wildman–Crippen LogP) is 3.25. The lowest BCUT2D eigenvalue weighted by Crippen LogP contribution is -2.52. The Kier molecular flexibility index (Phi) is 5.30. The molecule has 3 rings (SSSR count). The standard InChI is InChI=1S/C20H28N2O3/c1-13-10-16(19(23)24)12-22(11-13)20(25)21-14(2)17-9-5-7-15-6-3-4-8-18(15)17/h3-4,6,8,13-14,16-17H,5,7,9-12H2,1-2H3,(H,21,25)(H,23,24)/t13?,14-,16?,17?/m1/s1. The largest absolute Gasteiger partial charge is 0.481 e. The first-order chi connectivity index (χ1) is 12.0. The van der Waals surface area contributed by atoms with Gasteiger partial charge in [0.25, 0.3) is 0 Å². The van der Waals surface area contributed by atoms with E-state index in [4.69, 9.17) is 0 Å². The van der Waals surface area contributed by atoms with Gasteiger partial charge in [0.15, 0.2) is 0 Å². The average molecular weight is 344 g/mol. The van der Waals surface area contributed by atoms with Crippen molar-refractivity contribution in [1.82, 2.24) is 10.2 Å². The number of carbonyl (C=O) groups is 2. The van der Waals surface area contributed by atoms with Crippen LogP contribution in [0.1, 0.15) is 50.2 Å². The first-order valence-electron chi connectivity index (χ1n) is 9.31. The number of amides is 2. The van der Waals surface area contributed by atoms with Crippen LogP contribution >= 0.6 is 0 Å². The third-order valence-corrected chi connectivity index (χ3v) is 5.67. The molecule has 1 aromatic rings. The Labute approximate surface area is 149 Å². The third kappa shape index (κ3) is 3.97. The van der Waals surface area contributed by atoms with Crippen LogP contribution in [0.15, 0.2) is 24.3 Å². The minimum atomic E-state index is -0.807. The second-order valence-electron chi connectivity index (χ2n) is 7.72. The van der Waals surface area contributed by atoms with Crippen molar-refractivity contribution in [3.05, 3.63) is 35.4 Å². The molecule has 25 heavy (non-hydrogen) atoms. The topological polar surface area (TPSA) is 69.6 Å². The number of piperidine rings is 1. The van der Waals surface area contributed by atoms with E-state index in [-0.39, 0.29) is 18.0 Å². The number of nitrogens with zero attached hydrogens (tertiary/aromatic N) is 1. The lowest BCUT2D eigenvalue weighted by Gasteiger charge is -2.37. The Balaban J connectivity index is 1.66. The summed E-state index contributed by atoms with van der Waals surface area (Å²) in [5, 5.41) is 12.4. The highest BCUT2D eigenvalue weighted by Crippen LogP contribution is 2.34. The van der Waals surface area contributed by atoms with Gasteiger partial charge < -0.3 is 15.3 Å². The van der Waals surface area contributed by atoms with Gasteiger partial charge in [-0.05, 0) is 49.7 Å². The van der Waals surface area contributed by atoms with Crippen molar-refractivity contribution >= 4 is 12.0 Å². The molecule has 0 bridgehead atoms. The van der Waals surface area contributed by atoms with Crippen molar-refractivity contribution in [2.75, 3.05) is 13.1 Å². The van der Waals surface area contributed by atoms with Gasteiger partial charge in [-0.2, -0.15) is 0 Å². The van der Waals surface area contributed by atoms with E-state index < -0.39 is 11.9 Å². The molecule has 2 aliphatic rings. The van der Waals surface area contributed by atoms with Gasteiger partial charge in [0.2, 0.25) is 0 Å². The van der Waals surface area contributed by atoms with Crippen LogP contribution in [0, 0.1) is 11.8 Å². The highest BCUT2D eigenvalue weighted by molar-refractivity contribution is 5.77. The molecule has 1 saturated heterocycles. The van der Waals surface area contributed by atoms with Crippen LogP contribution in [0.2, 0.25) is 0 Å². The number of carboxylic acids is 1. The zero-order valence-corrected chi connectivity index (χ0v) is 15.1. The minimum absolute atomic E-state index is 0.0365. The van der Waals surface area contributed by atoms with Crippen LogP contribution in [0.5, 0.6) is 0 Å². The molecule has 4 atom stereocenters. The summed E-state index contributed by atoms with van der Waals surface area (Å²) in [4.78, 5) is 25.7. The van der Waals surface area contributed by atoms with E-state index in [0.29, 0.717) is 25.4 Å². The van der Waals surface area contributed by atoms with Crippen LogP contribution in [0.25, 0.3) is 0 Å². The van der Waals surface area contributed by atoms with Crippen LogP contribution in [-0.4, -0.2) is 41.1 Å². The number of nitrogens with one attached hydrogen (secondary N) is 1. The fourth-order valence-corrected chi connectivity index (χ4v) is 4.39. The molecule has 136 valence electrons. The number of hydrogen-bond donors (Lipinski definition) is 2. The molecule has 1 fully saturated rings. The van der Waals surface area contributed by atoms with Gasteiger partial charge in [-0.3, -0.25) is 4.79 Å². The maximum Gasteiger partial charge on any atom is 0.317 e. The summed E-state index contributed by atoms with van der Waals surface area (Å²) in [6, 6.07) is 8.40. The van der Waals surface area contributed by atoms with Crippen LogP contribution < -0.4 is 5.32 Å². The summed E-state index contributed by atoms with van der Waals surface area (Å²) in [6.45, 7) is 5.01. The summed E-state index contributed by atoms with van der Waals surface area (Å²) in [5.41, 5.74) is 2.73. The Morgan fingerprint density at radius 2 is 2.04 bits per heavy atom. The van der Waals surface area contributed by atoms with E-state index in [1.165, 1.54) is 11.1 Å². The summed E-state index contributed by atoms with van der Waals surface area (Å²) >= 11 is 0. The fourth-order valence-electron chi connectivity index (χ4n) is 4.39. The Morgan fingerprint density at radius 3 is 2.80 bits per heavy atom. The van der Waals surface area contributed by atoms with Crippen molar-refractivity contribution < 1.29 is 14.7 Å². The molecule has 0 radical (unpaired) electrons. The molecular weight excluding hydrogens is 316 g/mol. The van der Waals surface area contributed by atoms with Crippen molar-refractivity contribution in [3.63, 3.8) is 0 Å². The van der Waals surface area contributed by atoms with Gasteiger partial charge in [-0.1, -0.05) is 31.2 Å². The molecule has 5 nitrogen and oxygen atoms in total. The monoisotopic (exact) mass is 344 g/mol. The fraction of sp³-hybridized carbons (Fsp3) is 0.600. The molecule has 0 spiro atoms. The van der Waals surface area contributed by atoms with Gasteiger partial charge in [-0.25, -0.2) is 4.79 Å². The first-order valence-corrected chi connectivity index (χ1v) is 9.31. The molecule has 2 amide bonds. The average Bonchev–Trinajstić information content (AvgIpc) is 2.60. The number of aliphatic carboxylic acids is 1. The maximum atomic E-state index is 12.7. The van der Waals surface area contributed by atoms with Crippen molar-refractivity contribution in [2.45, 2.75) is 51.5 Å². The van der Waals surface area contributed by atoms with E-state index >= 15 is 0 Å². The number of likely N-dealkylation sites (tertiary alicyclic amines) is 1. The lowest BCUT2D eigenvalue weighted by molar-refractivity contribution is -0.143. The minimum Gasteiger partial charge on any atom is -0.481 e. The quantitative estimate of drug-likeness (QED) is 0.884. The Bertz CT molecular complexity index is 646. The second kappa shape index (κ2) is 7.46.